The van der Waals surface area contributed by atoms with Crippen LogP contribution in [0.1, 0.15) is 11.1 Å². The van der Waals surface area contributed by atoms with Crippen LogP contribution in [0, 0.1) is 19.9 Å². The van der Waals surface area contributed by atoms with E-state index in [1.54, 1.807) is 0 Å². The first kappa shape index (κ1) is 19.1. The summed E-state index contributed by atoms with van der Waals surface area (Å²) in [5.41, 5.74) is 5.88. The second kappa shape index (κ2) is 6.70. The molecule has 1 aliphatic heterocycles. The molecule has 6 heteroatoms. The van der Waals surface area contributed by atoms with Crippen LogP contribution in [0.4, 0.5) is 5.69 Å². The molecular weight excluding hydrogens is 545 g/mol. The molecule has 4 nitrogen and oxygen atoms in total. The van der Waals surface area contributed by atoms with Crippen LogP contribution in [0.2, 0.25) is 0 Å². The summed E-state index contributed by atoms with van der Waals surface area (Å²) in [5.74, 6) is 0.718. The molecule has 0 saturated heterocycles. The summed E-state index contributed by atoms with van der Waals surface area (Å²) in [6, 6.07) is 23.0. The maximum atomic E-state index is 14.7. The van der Waals surface area contributed by atoms with Gasteiger partial charge in [-0.1, -0.05) is 23.8 Å². The quantitative estimate of drug-likeness (QED) is 0.243. The molecule has 0 saturated carbocycles. The molecule has 143 valence electrons. The van der Waals surface area contributed by atoms with E-state index in [1.807, 2.05) is 64.6 Å². The van der Waals surface area contributed by atoms with Crippen LogP contribution >= 0.6 is 7.44 Å². The third-order valence-electron chi connectivity index (χ3n) is 5.42. The van der Waals surface area contributed by atoms with Crippen molar-refractivity contribution in [3.8, 4) is 11.4 Å². The molecule has 4 aromatic rings. The Labute approximate surface area is 178 Å². The van der Waals surface area contributed by atoms with Crippen molar-refractivity contribution in [2.24, 2.45) is 0 Å². The van der Waals surface area contributed by atoms with Crippen molar-refractivity contribution in [2.75, 3.05) is 11.7 Å². The predicted octanol–water partition coefficient (Wildman–Crippen LogP) is 4.93. The number of hydrogen-bond donors (Lipinski definition) is 0. The van der Waals surface area contributed by atoms with E-state index < -0.39 is 7.44 Å². The molecule has 5 rings (SSSR count). The number of nitrogens with zero attached hydrogens (tertiary/aromatic N) is 3. The molecule has 1 aromatic heterocycles. The van der Waals surface area contributed by atoms with Gasteiger partial charge in [-0.3, -0.25) is 13.9 Å². The number of anilines is 1. The fraction of sp³-hybridized carbons (Fsp3) is 0.136. The first-order chi connectivity index (χ1) is 13.0. The van der Waals surface area contributed by atoms with Crippen molar-refractivity contribution in [1.82, 2.24) is 9.32 Å². The Balaban J connectivity index is 0.00000192. The van der Waals surface area contributed by atoms with Crippen LogP contribution in [-0.2, 0) is 24.7 Å². The number of imidazole rings is 1. The summed E-state index contributed by atoms with van der Waals surface area (Å²) in [7, 11) is -1.25. The molecule has 2 heterocycles. The van der Waals surface area contributed by atoms with Crippen LogP contribution in [0.3, 0.4) is 0 Å². The first-order valence-electron chi connectivity index (χ1n) is 8.93. The Hall–Kier alpha value is -2.19. The van der Waals surface area contributed by atoms with E-state index in [4.69, 9.17) is 4.98 Å². The number of benzene rings is 3. The molecular formula is C22H19IrN3OP-. The van der Waals surface area contributed by atoms with Gasteiger partial charge in [-0.2, -0.15) is 0 Å². The van der Waals surface area contributed by atoms with Crippen LogP contribution in [0.15, 0.2) is 60.7 Å². The van der Waals surface area contributed by atoms with E-state index in [0.29, 0.717) is 0 Å². The van der Waals surface area contributed by atoms with Gasteiger partial charge in [0, 0.05) is 27.2 Å². The third kappa shape index (κ3) is 2.47. The number of fused-ring (bicyclic) bond motifs is 5. The second-order valence-electron chi connectivity index (χ2n) is 7.01. The Morgan fingerprint density at radius 1 is 1.00 bits per heavy atom. The van der Waals surface area contributed by atoms with Crippen molar-refractivity contribution >= 4 is 29.5 Å². The van der Waals surface area contributed by atoms with Crippen LogP contribution in [0.5, 0.6) is 0 Å². The standard InChI is InChI=1S/C22H19N3OP.Ir/c1-15-13-19-21(14-16(15)2)25-22(23-19)18-11-7-8-12-20(18)24(3)27(25,26)17-9-5-4-6-10-17;/h4-10,12-14H,1-3H3;/q-1;. The van der Waals surface area contributed by atoms with E-state index in [9.17, 15) is 4.57 Å². The van der Waals surface area contributed by atoms with Gasteiger partial charge in [0.05, 0.1) is 22.2 Å². The van der Waals surface area contributed by atoms with Crippen LogP contribution in [0.25, 0.3) is 22.4 Å². The molecule has 0 spiro atoms. The minimum Gasteiger partial charge on any atom is -0.347 e. The van der Waals surface area contributed by atoms with Gasteiger partial charge >= 0.3 is 0 Å². The van der Waals surface area contributed by atoms with Gasteiger partial charge < -0.3 is 4.67 Å². The van der Waals surface area contributed by atoms with E-state index in [0.717, 1.165) is 39.0 Å². The van der Waals surface area contributed by atoms with E-state index in [-0.39, 0.29) is 20.1 Å². The first-order valence-corrected chi connectivity index (χ1v) is 10.5. The number of aromatic nitrogens is 2. The van der Waals surface area contributed by atoms with Crippen LogP contribution in [-0.4, -0.2) is 16.4 Å². The van der Waals surface area contributed by atoms with Gasteiger partial charge in [0.1, 0.15) is 0 Å². The third-order valence-corrected chi connectivity index (χ3v) is 8.37. The molecule has 1 unspecified atom stereocenters. The number of hydrogen-bond acceptors (Lipinski definition) is 2. The van der Waals surface area contributed by atoms with Crippen molar-refractivity contribution in [2.45, 2.75) is 13.8 Å². The van der Waals surface area contributed by atoms with E-state index in [2.05, 4.69) is 32.0 Å². The van der Waals surface area contributed by atoms with Crippen molar-refractivity contribution in [1.29, 1.82) is 0 Å². The van der Waals surface area contributed by atoms with E-state index >= 15 is 0 Å². The topological polar surface area (TPSA) is 38.1 Å². The van der Waals surface area contributed by atoms with Crippen LogP contribution < -0.4 is 9.97 Å². The molecule has 0 amide bonds. The van der Waals surface area contributed by atoms with Crippen molar-refractivity contribution < 1.29 is 24.7 Å². The molecule has 3 aromatic carbocycles. The minimum atomic E-state index is -3.14. The van der Waals surface area contributed by atoms with Crippen molar-refractivity contribution in [3.63, 3.8) is 0 Å². The summed E-state index contributed by atoms with van der Waals surface area (Å²) in [4.78, 5) is 4.88. The summed E-state index contributed by atoms with van der Waals surface area (Å²) >= 11 is 0. The number of aryl methyl sites for hydroxylation is 2. The van der Waals surface area contributed by atoms with Crippen molar-refractivity contribution in [3.05, 3.63) is 77.9 Å². The zero-order valence-electron chi connectivity index (χ0n) is 15.8. The Morgan fingerprint density at radius 3 is 2.46 bits per heavy atom. The molecule has 1 radical (unpaired) electrons. The average Bonchev–Trinajstić information content (AvgIpc) is 3.06. The number of rotatable bonds is 1. The predicted molar refractivity (Wildman–Crippen MR) is 111 cm³/mol. The summed E-state index contributed by atoms with van der Waals surface area (Å²) in [6.45, 7) is 4.16. The zero-order valence-corrected chi connectivity index (χ0v) is 19.1. The molecule has 0 bridgehead atoms. The summed E-state index contributed by atoms with van der Waals surface area (Å²) in [6.07, 6.45) is 0. The average molecular weight is 565 g/mol. The van der Waals surface area contributed by atoms with Gasteiger partial charge in [-0.25, -0.2) is 0 Å². The maximum absolute atomic E-state index is 14.7. The van der Waals surface area contributed by atoms with Gasteiger partial charge in [0.15, 0.2) is 0 Å². The maximum Gasteiger partial charge on any atom is 0.282 e. The zero-order chi connectivity index (χ0) is 18.8. The molecule has 1 atom stereocenters. The fourth-order valence-corrected chi connectivity index (χ4v) is 6.54. The fourth-order valence-electron chi connectivity index (χ4n) is 3.82. The monoisotopic (exact) mass is 565 g/mol. The van der Waals surface area contributed by atoms with Gasteiger partial charge in [-0.05, 0) is 54.9 Å². The molecule has 0 N–H and O–H groups in total. The Kier molecular flexibility index (Phi) is 4.58. The summed E-state index contributed by atoms with van der Waals surface area (Å²) < 4.78 is 18.5. The SMILES string of the molecule is Cc1cc2nc3n(c2cc1C)P(=O)(c1ccccc1)N(C)c1ccc[c-]c1-3.[Ir]. The smallest absolute Gasteiger partial charge is 0.282 e. The molecule has 0 aliphatic carbocycles. The Morgan fingerprint density at radius 2 is 1.71 bits per heavy atom. The molecule has 0 fully saturated rings. The summed E-state index contributed by atoms with van der Waals surface area (Å²) in [5, 5.41) is 0.792. The van der Waals surface area contributed by atoms with E-state index in [1.165, 1.54) is 5.56 Å². The molecule has 1 aliphatic rings. The normalized spacial score (nSPS) is 17.8. The molecule has 28 heavy (non-hydrogen) atoms. The largest absolute Gasteiger partial charge is 0.347 e. The van der Waals surface area contributed by atoms with Gasteiger partial charge in [0.2, 0.25) is 0 Å². The van der Waals surface area contributed by atoms with Gasteiger partial charge in [-0.15, -0.1) is 24.3 Å². The van der Waals surface area contributed by atoms with Gasteiger partial charge in [0.25, 0.3) is 7.44 Å². The minimum absolute atomic E-state index is 0. The second-order valence-corrected chi connectivity index (χ2v) is 9.61. The Bertz CT molecular complexity index is 1250.